The van der Waals surface area contributed by atoms with E-state index in [1.807, 2.05) is 109 Å². The van der Waals surface area contributed by atoms with Gasteiger partial charge in [-0.2, -0.15) is 0 Å². The maximum absolute atomic E-state index is 12.0. The molecular formula is C36H43Cl3N4O10S. The van der Waals surface area contributed by atoms with Gasteiger partial charge in [0, 0.05) is 27.9 Å². The first-order valence-electron chi connectivity index (χ1n) is 15.7. The van der Waals surface area contributed by atoms with Crippen LogP contribution in [-0.2, 0) is 59.5 Å². The van der Waals surface area contributed by atoms with Gasteiger partial charge in [-0.25, -0.2) is 23.4 Å². The normalized spacial score (nSPS) is 10.7. The van der Waals surface area contributed by atoms with Crippen LogP contribution >= 0.6 is 21.4 Å². The summed E-state index contributed by atoms with van der Waals surface area (Å²) in [6.45, 7) is 0.501. The summed E-state index contributed by atoms with van der Waals surface area (Å²) in [5, 5.41) is 21.8. The number of aliphatic hydroxyl groups excluding tert-OH is 1. The molecule has 0 unspecified atom stereocenters. The van der Waals surface area contributed by atoms with Gasteiger partial charge >= 0.3 is 24.1 Å². The minimum Gasteiger partial charge on any atom is -1.00 e. The average Bonchev–Trinajstić information content (AvgIpc) is 3.18. The fourth-order valence-electron chi connectivity index (χ4n) is 3.70. The molecule has 0 aliphatic rings. The van der Waals surface area contributed by atoms with Crippen LogP contribution in [0.5, 0.6) is 0 Å². The number of nitrogens with one attached hydrogen (secondary N) is 2. The molecule has 2 atom stereocenters. The van der Waals surface area contributed by atoms with E-state index in [2.05, 4.69) is 37.7 Å². The van der Waals surface area contributed by atoms with E-state index < -0.39 is 45.4 Å². The van der Waals surface area contributed by atoms with Crippen LogP contribution in [0.25, 0.3) is 0 Å². The number of aliphatic hydroxyl groups is 1. The summed E-state index contributed by atoms with van der Waals surface area (Å²) >= 11 is 0. The molecule has 18 heteroatoms. The van der Waals surface area contributed by atoms with Crippen LogP contribution in [0.15, 0.2) is 121 Å². The Bertz CT molecular complexity index is 1630. The van der Waals surface area contributed by atoms with E-state index in [4.69, 9.17) is 34.4 Å². The number of quaternary nitrogens is 1. The molecule has 4 aromatic carbocycles. The quantitative estimate of drug-likeness (QED) is 0.0628. The van der Waals surface area contributed by atoms with Crippen molar-refractivity contribution in [2.24, 2.45) is 5.73 Å². The number of amides is 2. The molecule has 0 aromatic heterocycles. The molecule has 0 saturated heterocycles. The van der Waals surface area contributed by atoms with Gasteiger partial charge in [-0.15, -0.1) is 0 Å². The van der Waals surface area contributed by atoms with Crippen molar-refractivity contribution < 1.29 is 66.0 Å². The number of benzene rings is 4. The zero-order chi connectivity index (χ0) is 39.3. The molecule has 14 nitrogen and oxygen atoms in total. The van der Waals surface area contributed by atoms with Crippen LogP contribution in [0.4, 0.5) is 9.59 Å². The van der Waals surface area contributed by atoms with E-state index in [-0.39, 0.29) is 51.9 Å². The van der Waals surface area contributed by atoms with Crippen LogP contribution in [0, 0.1) is 0 Å². The largest absolute Gasteiger partial charge is 1.00 e. The zero-order valence-corrected chi connectivity index (χ0v) is 32.0. The minimum atomic E-state index is -1.67. The number of carbonyl (C=O) groups is 4. The fourth-order valence-corrected chi connectivity index (χ4v) is 3.70. The summed E-state index contributed by atoms with van der Waals surface area (Å²) in [5.74, 6) is -1.73. The maximum atomic E-state index is 12.0. The first-order valence-corrected chi connectivity index (χ1v) is 18.5. The first kappa shape index (κ1) is 49.3. The molecule has 9 N–H and O–H groups in total. The highest BCUT2D eigenvalue weighted by molar-refractivity contribution is 8.26. The van der Waals surface area contributed by atoms with Crippen molar-refractivity contribution in [3.63, 3.8) is 0 Å². The standard InChI is InChI=1S/C18H20N2O4.C11H14N2O4.C7H8O.Cl2OS.ClH/c19-11-16(17(21)23-12-14-7-3-1-4-8-14)20-18(22)24-13-15-9-5-2-6-10-15;12-6-9(10(14)15)13-11(16)17-7-8-4-2-1-3-5-8;8-6-7-4-2-1-3-5-7;1-4(2)3;/h1-10,16H,11-13,19H2,(H,20,22);1-5,9H,6-7,12H2,(H,13,16)(H,14,15);1-5,8H,6H2;;1H/t16-;9-;;;/m11.../s1. The number of aliphatic carboxylic acids is 1. The lowest BCUT2D eigenvalue weighted by molar-refractivity contribution is -0.371. The predicted octanol–water partition coefficient (Wildman–Crippen LogP) is 0.817. The van der Waals surface area contributed by atoms with E-state index in [1.54, 1.807) is 12.1 Å². The number of carbonyl (C=O) groups excluding carboxylic acids is 3. The Morgan fingerprint density at radius 3 is 1.24 bits per heavy atom. The van der Waals surface area contributed by atoms with Gasteiger partial charge in [0.05, 0.1) is 6.61 Å². The van der Waals surface area contributed by atoms with Gasteiger partial charge in [0.1, 0.15) is 32.4 Å². The summed E-state index contributed by atoms with van der Waals surface area (Å²) in [5.41, 5.74) is 12.4. The SMILES string of the molecule is NC[C@@H](NC(=O)OCc1ccccc1)C(=O)O.O=S(Cl)Cl.OCc1ccccc1.[Cl-].[NH3+]C[C@@H](NC(=O)OCc1ccccc1)C(=O)OCc1ccccc1. The van der Waals surface area contributed by atoms with Crippen molar-refractivity contribution in [2.75, 3.05) is 13.1 Å². The van der Waals surface area contributed by atoms with Crippen LogP contribution in [0.1, 0.15) is 22.3 Å². The number of esters is 1. The molecule has 0 aliphatic heterocycles. The second-order valence-corrected chi connectivity index (χ2v) is 12.8. The first-order chi connectivity index (χ1) is 25.5. The molecule has 54 heavy (non-hydrogen) atoms. The molecule has 0 spiro atoms. The summed E-state index contributed by atoms with van der Waals surface area (Å²) in [6, 6.07) is 35.2. The summed E-state index contributed by atoms with van der Waals surface area (Å²) in [6.07, 6.45) is -1.48. The molecule has 2 amide bonds. The molecule has 0 heterocycles. The lowest BCUT2D eigenvalue weighted by Crippen LogP contribution is -3.00. The van der Waals surface area contributed by atoms with Gasteiger partial charge in [-0.3, -0.25) is 0 Å². The van der Waals surface area contributed by atoms with Crippen LogP contribution in [0.2, 0.25) is 0 Å². The maximum Gasteiger partial charge on any atom is 0.408 e. The monoisotopic (exact) mass is 828 g/mol. The van der Waals surface area contributed by atoms with Crippen molar-refractivity contribution in [1.29, 1.82) is 0 Å². The van der Waals surface area contributed by atoms with Gasteiger partial charge in [0.2, 0.25) is 9.23 Å². The number of nitrogens with two attached hydrogens (primary N) is 1. The lowest BCUT2D eigenvalue weighted by Gasteiger charge is -2.14. The van der Waals surface area contributed by atoms with Crippen LogP contribution in [0.3, 0.4) is 0 Å². The number of carboxylic acids is 1. The Balaban J connectivity index is 0.000000809. The number of halogens is 3. The van der Waals surface area contributed by atoms with E-state index in [0.717, 1.165) is 22.3 Å². The molecule has 0 saturated carbocycles. The highest BCUT2D eigenvalue weighted by Crippen LogP contribution is 2.04. The van der Waals surface area contributed by atoms with E-state index in [9.17, 15) is 19.2 Å². The number of alkyl carbamates (subject to hydrolysis) is 2. The van der Waals surface area contributed by atoms with Crippen molar-refractivity contribution >= 4 is 54.7 Å². The highest BCUT2D eigenvalue weighted by Gasteiger charge is 2.23. The molecular weight excluding hydrogens is 787 g/mol. The summed E-state index contributed by atoms with van der Waals surface area (Å²) in [4.78, 5) is 45.6. The van der Waals surface area contributed by atoms with Gasteiger partial charge in [-0.1, -0.05) is 121 Å². The fraction of sp³-hybridized carbons (Fsp3) is 0.222. The second kappa shape index (κ2) is 30.7. The number of carboxylic acid groups (broad SMARTS) is 1. The third kappa shape index (κ3) is 24.5. The number of ether oxygens (including phenoxy) is 3. The van der Waals surface area contributed by atoms with Gasteiger partial charge in [0.25, 0.3) is 0 Å². The molecule has 294 valence electrons. The smallest absolute Gasteiger partial charge is 0.408 e. The van der Waals surface area contributed by atoms with Gasteiger partial charge in [0.15, 0.2) is 6.04 Å². The molecule has 0 fully saturated rings. The molecule has 0 bridgehead atoms. The van der Waals surface area contributed by atoms with Crippen molar-refractivity contribution in [2.45, 2.75) is 38.5 Å². The topological polar surface area (TPSA) is 231 Å². The Labute approximate surface area is 330 Å². The molecule has 4 aromatic rings. The number of hydrogen-bond acceptors (Lipinski definition) is 10. The Morgan fingerprint density at radius 2 is 0.963 bits per heavy atom. The van der Waals surface area contributed by atoms with Crippen LogP contribution < -0.4 is 34.5 Å². The number of rotatable bonds is 13. The van der Waals surface area contributed by atoms with Crippen LogP contribution in [-0.4, -0.2) is 63.7 Å². The lowest BCUT2D eigenvalue weighted by atomic mass is 10.2. The highest BCUT2D eigenvalue weighted by atomic mass is 36.0. The Morgan fingerprint density at radius 1 is 0.648 bits per heavy atom. The Kier molecular flexibility index (Phi) is 28.0. The van der Waals surface area contributed by atoms with E-state index in [1.165, 1.54) is 0 Å². The van der Waals surface area contributed by atoms with Gasteiger partial charge < -0.3 is 58.9 Å². The van der Waals surface area contributed by atoms with E-state index >= 15 is 0 Å². The van der Waals surface area contributed by atoms with E-state index in [0.29, 0.717) is 0 Å². The summed E-state index contributed by atoms with van der Waals surface area (Å²) in [7, 11) is 7.36. The second-order valence-electron chi connectivity index (χ2n) is 10.3. The predicted molar refractivity (Wildman–Crippen MR) is 200 cm³/mol. The molecule has 0 radical (unpaired) electrons. The van der Waals surface area contributed by atoms with Crippen molar-refractivity contribution in [3.05, 3.63) is 144 Å². The average molecular weight is 830 g/mol. The third-order valence-electron chi connectivity index (χ3n) is 6.37. The van der Waals surface area contributed by atoms with Crippen molar-refractivity contribution in [3.8, 4) is 0 Å². The molecule has 4 rings (SSSR count). The zero-order valence-electron chi connectivity index (χ0n) is 28.9. The number of hydrogen-bond donors (Lipinski definition) is 6. The van der Waals surface area contributed by atoms with Gasteiger partial charge in [-0.05, 0) is 22.3 Å². The van der Waals surface area contributed by atoms with Crippen molar-refractivity contribution in [1.82, 2.24) is 10.6 Å². The third-order valence-corrected chi connectivity index (χ3v) is 6.37. The molecule has 0 aliphatic carbocycles. The Hall–Kier alpha value is -4.74. The summed E-state index contributed by atoms with van der Waals surface area (Å²) < 4.78 is 24.2. The minimum absolute atomic E-state index is 0.